The highest BCUT2D eigenvalue weighted by molar-refractivity contribution is 5.87. The number of piperidine rings is 1. The lowest BCUT2D eigenvalue weighted by atomic mass is 9.71. The summed E-state index contributed by atoms with van der Waals surface area (Å²) >= 11 is 0. The fourth-order valence-electron chi connectivity index (χ4n) is 3.08. The molecule has 1 saturated carbocycles. The fourth-order valence-corrected chi connectivity index (χ4v) is 3.08. The van der Waals surface area contributed by atoms with Gasteiger partial charge in [0.1, 0.15) is 5.78 Å². The van der Waals surface area contributed by atoms with Gasteiger partial charge in [-0.15, -0.1) is 0 Å². The molecule has 2 atom stereocenters. The molecule has 2 fully saturated rings. The summed E-state index contributed by atoms with van der Waals surface area (Å²) in [4.78, 5) is 25.2. The Kier molecular flexibility index (Phi) is 3.28. The van der Waals surface area contributed by atoms with Crippen LogP contribution in [0.3, 0.4) is 0 Å². The van der Waals surface area contributed by atoms with Crippen molar-refractivity contribution in [3.63, 3.8) is 0 Å². The predicted octanol–water partition coefficient (Wildman–Crippen LogP) is 1.01. The molecule has 1 saturated heterocycles. The average Bonchev–Trinajstić information content (AvgIpc) is 2.19. The van der Waals surface area contributed by atoms with Crippen LogP contribution in [0.4, 0.5) is 0 Å². The Morgan fingerprint density at radius 3 is 2.38 bits per heavy atom. The number of carboxylic acid groups (broad SMARTS) is 1. The second kappa shape index (κ2) is 4.53. The van der Waals surface area contributed by atoms with Gasteiger partial charge in [0, 0.05) is 24.9 Å². The van der Waals surface area contributed by atoms with Gasteiger partial charge in [-0.2, -0.15) is 0 Å². The van der Waals surface area contributed by atoms with E-state index in [9.17, 15) is 9.59 Å². The molecule has 1 heterocycles. The van der Waals surface area contributed by atoms with Crippen LogP contribution in [0.1, 0.15) is 26.2 Å². The molecule has 2 unspecified atom stereocenters. The molecule has 1 aliphatic carbocycles. The standard InChI is InChI=1S/C12H19NO3/c1-2-3-13-6-9-4-8(12(15)16)5-10(7-13)11(9)14/h8-10H,2-7H2,1H3,(H,15,16). The molecule has 4 heteroatoms. The average molecular weight is 225 g/mol. The molecule has 0 radical (unpaired) electrons. The van der Waals surface area contributed by atoms with Gasteiger partial charge in [-0.25, -0.2) is 0 Å². The third-order valence-corrected chi connectivity index (χ3v) is 3.79. The summed E-state index contributed by atoms with van der Waals surface area (Å²) in [5.74, 6) is -0.770. The molecular formula is C12H19NO3. The molecule has 0 amide bonds. The molecule has 90 valence electrons. The first-order valence-corrected chi connectivity index (χ1v) is 6.10. The van der Waals surface area contributed by atoms with E-state index in [1.54, 1.807) is 0 Å². The van der Waals surface area contributed by atoms with Gasteiger partial charge in [-0.05, 0) is 25.8 Å². The smallest absolute Gasteiger partial charge is 0.306 e. The van der Waals surface area contributed by atoms with Crippen LogP contribution >= 0.6 is 0 Å². The van der Waals surface area contributed by atoms with Gasteiger partial charge in [0.2, 0.25) is 0 Å². The Labute approximate surface area is 95.6 Å². The minimum atomic E-state index is -0.730. The zero-order chi connectivity index (χ0) is 11.7. The number of carbonyl (C=O) groups excluding carboxylic acids is 1. The Morgan fingerprint density at radius 2 is 1.94 bits per heavy atom. The van der Waals surface area contributed by atoms with Crippen LogP contribution in [0.5, 0.6) is 0 Å². The molecule has 1 N–H and O–H groups in total. The molecule has 0 aromatic heterocycles. The quantitative estimate of drug-likeness (QED) is 0.778. The third kappa shape index (κ3) is 2.12. The van der Waals surface area contributed by atoms with Crippen LogP contribution in [0.15, 0.2) is 0 Å². The fraction of sp³-hybridized carbons (Fsp3) is 0.833. The molecule has 4 nitrogen and oxygen atoms in total. The zero-order valence-electron chi connectivity index (χ0n) is 9.69. The maximum atomic E-state index is 11.9. The van der Waals surface area contributed by atoms with Crippen LogP contribution in [-0.2, 0) is 9.59 Å². The Bertz CT molecular complexity index is 285. The van der Waals surface area contributed by atoms with E-state index in [1.165, 1.54) is 0 Å². The van der Waals surface area contributed by atoms with Gasteiger partial charge in [-0.1, -0.05) is 6.92 Å². The SMILES string of the molecule is CCCN1CC2CC(C(=O)O)CC(C1)C2=O. The van der Waals surface area contributed by atoms with E-state index < -0.39 is 5.97 Å². The first-order chi connectivity index (χ1) is 7.61. The monoisotopic (exact) mass is 225 g/mol. The maximum Gasteiger partial charge on any atom is 0.306 e. The van der Waals surface area contributed by atoms with Gasteiger partial charge < -0.3 is 10.0 Å². The molecule has 0 aromatic carbocycles. The van der Waals surface area contributed by atoms with E-state index in [-0.39, 0.29) is 17.8 Å². The van der Waals surface area contributed by atoms with Crippen molar-refractivity contribution in [2.24, 2.45) is 17.8 Å². The molecule has 16 heavy (non-hydrogen) atoms. The molecule has 2 rings (SSSR count). The summed E-state index contributed by atoms with van der Waals surface area (Å²) in [6, 6.07) is 0. The van der Waals surface area contributed by atoms with Gasteiger partial charge in [0.05, 0.1) is 5.92 Å². The van der Waals surface area contributed by atoms with Crippen LogP contribution in [0.25, 0.3) is 0 Å². The Balaban J connectivity index is 2.04. The van der Waals surface area contributed by atoms with E-state index >= 15 is 0 Å². The maximum absolute atomic E-state index is 11.9. The first-order valence-electron chi connectivity index (χ1n) is 6.10. The number of rotatable bonds is 3. The van der Waals surface area contributed by atoms with Crippen LogP contribution in [0.2, 0.25) is 0 Å². The molecule has 0 aromatic rings. The highest BCUT2D eigenvalue weighted by atomic mass is 16.4. The first kappa shape index (κ1) is 11.6. The minimum Gasteiger partial charge on any atom is -0.481 e. The number of likely N-dealkylation sites (tertiary alicyclic amines) is 1. The van der Waals surface area contributed by atoms with Crippen LogP contribution in [0, 0.1) is 17.8 Å². The Hall–Kier alpha value is -0.900. The van der Waals surface area contributed by atoms with Crippen LogP contribution in [-0.4, -0.2) is 41.4 Å². The highest BCUT2D eigenvalue weighted by Crippen LogP contribution is 2.35. The molecule has 1 aliphatic heterocycles. The topological polar surface area (TPSA) is 57.6 Å². The Morgan fingerprint density at radius 1 is 1.38 bits per heavy atom. The number of fused-ring (bicyclic) bond motifs is 2. The number of nitrogens with zero attached hydrogens (tertiary/aromatic N) is 1. The molecule has 2 bridgehead atoms. The van der Waals surface area contributed by atoms with Crippen molar-refractivity contribution in [1.29, 1.82) is 0 Å². The van der Waals surface area contributed by atoms with Crippen molar-refractivity contribution in [1.82, 2.24) is 4.90 Å². The summed E-state index contributed by atoms with van der Waals surface area (Å²) < 4.78 is 0. The lowest BCUT2D eigenvalue weighted by Crippen LogP contribution is -2.51. The van der Waals surface area contributed by atoms with E-state index in [1.807, 2.05) is 0 Å². The largest absolute Gasteiger partial charge is 0.481 e. The number of Topliss-reactive ketones (excluding diaryl/α,β-unsaturated/α-hetero) is 1. The summed E-state index contributed by atoms with van der Waals surface area (Å²) in [6.07, 6.45) is 2.19. The van der Waals surface area contributed by atoms with Crippen molar-refractivity contribution in [3.8, 4) is 0 Å². The van der Waals surface area contributed by atoms with Crippen molar-refractivity contribution in [2.45, 2.75) is 26.2 Å². The summed E-state index contributed by atoms with van der Waals surface area (Å²) in [5.41, 5.74) is 0. The number of carboxylic acids is 1. The number of aliphatic carboxylic acids is 1. The van der Waals surface area contributed by atoms with Gasteiger partial charge >= 0.3 is 5.97 Å². The van der Waals surface area contributed by atoms with Crippen LogP contribution < -0.4 is 0 Å². The second-order valence-corrected chi connectivity index (χ2v) is 5.06. The van der Waals surface area contributed by atoms with Gasteiger partial charge in [0.15, 0.2) is 0 Å². The number of hydrogen-bond donors (Lipinski definition) is 1. The second-order valence-electron chi connectivity index (χ2n) is 5.06. The highest BCUT2D eigenvalue weighted by Gasteiger charge is 2.43. The lowest BCUT2D eigenvalue weighted by molar-refractivity contribution is -0.149. The summed E-state index contributed by atoms with van der Waals surface area (Å²) in [6.45, 7) is 4.70. The van der Waals surface area contributed by atoms with E-state index in [0.717, 1.165) is 26.1 Å². The summed E-state index contributed by atoms with van der Waals surface area (Å²) in [7, 11) is 0. The number of carbonyl (C=O) groups is 2. The number of ketones is 1. The molecule has 0 spiro atoms. The van der Waals surface area contributed by atoms with Crippen molar-refractivity contribution >= 4 is 11.8 Å². The summed E-state index contributed by atoms with van der Waals surface area (Å²) in [5, 5.41) is 9.02. The molecule has 2 aliphatic rings. The number of hydrogen-bond acceptors (Lipinski definition) is 3. The predicted molar refractivity (Wildman–Crippen MR) is 59.1 cm³/mol. The van der Waals surface area contributed by atoms with E-state index in [4.69, 9.17) is 5.11 Å². The minimum absolute atomic E-state index is 0.0276. The molecular weight excluding hydrogens is 206 g/mol. The third-order valence-electron chi connectivity index (χ3n) is 3.79. The van der Waals surface area contributed by atoms with Crippen molar-refractivity contribution < 1.29 is 14.7 Å². The normalized spacial score (nSPS) is 35.1. The van der Waals surface area contributed by atoms with E-state index in [2.05, 4.69) is 11.8 Å². The van der Waals surface area contributed by atoms with E-state index in [0.29, 0.717) is 18.6 Å². The zero-order valence-corrected chi connectivity index (χ0v) is 9.69. The van der Waals surface area contributed by atoms with Crippen molar-refractivity contribution in [3.05, 3.63) is 0 Å². The lowest BCUT2D eigenvalue weighted by Gasteiger charge is -2.42. The van der Waals surface area contributed by atoms with Gasteiger partial charge in [0.25, 0.3) is 0 Å². The van der Waals surface area contributed by atoms with Crippen molar-refractivity contribution in [2.75, 3.05) is 19.6 Å². The van der Waals surface area contributed by atoms with Gasteiger partial charge in [-0.3, -0.25) is 9.59 Å².